The van der Waals surface area contributed by atoms with E-state index in [2.05, 4.69) is 5.32 Å². The van der Waals surface area contributed by atoms with Crippen molar-refractivity contribution in [1.82, 2.24) is 10.2 Å². The molecule has 0 spiro atoms. The van der Waals surface area contributed by atoms with E-state index in [0.29, 0.717) is 25.9 Å². The van der Waals surface area contributed by atoms with Crippen LogP contribution in [0.5, 0.6) is 5.75 Å². The van der Waals surface area contributed by atoms with Gasteiger partial charge in [0.15, 0.2) is 0 Å². The normalized spacial score (nSPS) is 14.8. The summed E-state index contributed by atoms with van der Waals surface area (Å²) < 4.78 is 5.29. The van der Waals surface area contributed by atoms with Crippen molar-refractivity contribution in [2.75, 3.05) is 20.2 Å². The van der Waals surface area contributed by atoms with Crippen molar-refractivity contribution in [3.05, 3.63) is 29.8 Å². The summed E-state index contributed by atoms with van der Waals surface area (Å²) in [7, 11) is 1.63. The van der Waals surface area contributed by atoms with Crippen LogP contribution in [0.4, 0.5) is 0 Å². The zero-order valence-electron chi connectivity index (χ0n) is 14.0. The molecule has 24 heavy (non-hydrogen) atoms. The van der Waals surface area contributed by atoms with Crippen LogP contribution in [0.1, 0.15) is 31.2 Å². The minimum atomic E-state index is -0.126. The Labute approximate surface area is 142 Å². The zero-order valence-corrected chi connectivity index (χ0v) is 14.0. The van der Waals surface area contributed by atoms with Crippen molar-refractivity contribution in [3.8, 4) is 11.8 Å². The molecule has 128 valence electrons. The van der Waals surface area contributed by atoms with Gasteiger partial charge in [-0.1, -0.05) is 18.2 Å². The highest BCUT2D eigenvalue weighted by atomic mass is 16.5. The van der Waals surface area contributed by atoms with E-state index in [9.17, 15) is 9.59 Å². The Morgan fingerprint density at radius 2 is 2.04 bits per heavy atom. The summed E-state index contributed by atoms with van der Waals surface area (Å²) in [6.07, 6.45) is 2.44. The van der Waals surface area contributed by atoms with Gasteiger partial charge in [-0.25, -0.2) is 0 Å². The summed E-state index contributed by atoms with van der Waals surface area (Å²) in [4.78, 5) is 25.5. The van der Waals surface area contributed by atoms with Gasteiger partial charge in [0.1, 0.15) is 12.2 Å². The SMILES string of the molecule is COc1ccccc1CCC(=O)NC1CCN(C(=O)CC#N)CC1. The van der Waals surface area contributed by atoms with Gasteiger partial charge in [-0.05, 0) is 30.9 Å². The second kappa shape index (κ2) is 8.92. The van der Waals surface area contributed by atoms with E-state index in [1.54, 1.807) is 12.0 Å². The molecule has 0 bridgehead atoms. The number of hydrogen-bond acceptors (Lipinski definition) is 4. The van der Waals surface area contributed by atoms with E-state index in [1.165, 1.54) is 0 Å². The van der Waals surface area contributed by atoms with Gasteiger partial charge in [-0.3, -0.25) is 9.59 Å². The van der Waals surface area contributed by atoms with E-state index in [4.69, 9.17) is 10.00 Å². The minimum absolute atomic E-state index is 0.0164. The quantitative estimate of drug-likeness (QED) is 0.860. The van der Waals surface area contributed by atoms with Crippen LogP contribution < -0.4 is 10.1 Å². The Balaban J connectivity index is 1.74. The Morgan fingerprint density at radius 3 is 2.71 bits per heavy atom. The van der Waals surface area contributed by atoms with Gasteiger partial charge in [-0.15, -0.1) is 0 Å². The van der Waals surface area contributed by atoms with Crippen molar-refractivity contribution in [1.29, 1.82) is 5.26 Å². The monoisotopic (exact) mass is 329 g/mol. The highest BCUT2D eigenvalue weighted by Crippen LogP contribution is 2.19. The number of rotatable bonds is 6. The molecule has 0 atom stereocenters. The largest absolute Gasteiger partial charge is 0.496 e. The smallest absolute Gasteiger partial charge is 0.236 e. The molecular weight excluding hydrogens is 306 g/mol. The first-order valence-corrected chi connectivity index (χ1v) is 8.20. The molecule has 1 N–H and O–H groups in total. The van der Waals surface area contributed by atoms with E-state index >= 15 is 0 Å². The lowest BCUT2D eigenvalue weighted by Crippen LogP contribution is -2.46. The summed E-state index contributed by atoms with van der Waals surface area (Å²) in [5.74, 6) is 0.691. The molecule has 1 aliphatic heterocycles. The van der Waals surface area contributed by atoms with Crippen LogP contribution in [0.2, 0.25) is 0 Å². The lowest BCUT2D eigenvalue weighted by molar-refractivity contribution is -0.131. The number of piperidine rings is 1. The Bertz CT molecular complexity index is 616. The van der Waals surface area contributed by atoms with Gasteiger partial charge in [0, 0.05) is 25.6 Å². The lowest BCUT2D eigenvalue weighted by Gasteiger charge is -2.32. The summed E-state index contributed by atoms with van der Waals surface area (Å²) in [6.45, 7) is 1.19. The Morgan fingerprint density at radius 1 is 1.33 bits per heavy atom. The number of amides is 2. The van der Waals surface area contributed by atoms with Crippen molar-refractivity contribution in [3.63, 3.8) is 0 Å². The van der Waals surface area contributed by atoms with Gasteiger partial charge < -0.3 is 15.0 Å². The van der Waals surface area contributed by atoms with Gasteiger partial charge in [0.05, 0.1) is 13.2 Å². The molecular formula is C18H23N3O3. The standard InChI is InChI=1S/C18H23N3O3/c1-24-16-5-3-2-4-14(16)6-7-17(22)20-15-9-12-21(13-10-15)18(23)8-11-19/h2-5,15H,6-10,12-13H2,1H3,(H,20,22). The molecule has 1 fully saturated rings. The van der Waals surface area contributed by atoms with Crippen molar-refractivity contribution in [2.24, 2.45) is 0 Å². The molecule has 1 heterocycles. The highest BCUT2D eigenvalue weighted by molar-refractivity contribution is 5.78. The fourth-order valence-corrected chi connectivity index (χ4v) is 2.91. The molecule has 0 aliphatic carbocycles. The topological polar surface area (TPSA) is 82.4 Å². The molecule has 0 saturated carbocycles. The summed E-state index contributed by atoms with van der Waals surface area (Å²) in [6, 6.07) is 9.67. The lowest BCUT2D eigenvalue weighted by atomic mass is 10.0. The van der Waals surface area contributed by atoms with Crippen LogP contribution in [0.25, 0.3) is 0 Å². The number of benzene rings is 1. The van der Waals surface area contributed by atoms with Crippen LogP contribution in [0.3, 0.4) is 0 Å². The van der Waals surface area contributed by atoms with E-state index in [1.807, 2.05) is 30.3 Å². The number of hydrogen-bond donors (Lipinski definition) is 1. The molecule has 1 aromatic carbocycles. The fraction of sp³-hybridized carbons (Fsp3) is 0.500. The number of carbonyl (C=O) groups excluding carboxylic acids is 2. The van der Waals surface area contributed by atoms with Crippen LogP contribution >= 0.6 is 0 Å². The molecule has 1 saturated heterocycles. The third kappa shape index (κ3) is 4.98. The molecule has 2 amide bonds. The van der Waals surface area contributed by atoms with E-state index in [0.717, 1.165) is 24.2 Å². The maximum atomic E-state index is 12.1. The predicted molar refractivity (Wildman–Crippen MR) is 89.3 cm³/mol. The number of nitrogens with one attached hydrogen (secondary N) is 1. The number of nitriles is 1. The first-order valence-electron chi connectivity index (χ1n) is 8.20. The maximum Gasteiger partial charge on any atom is 0.236 e. The second-order valence-electron chi connectivity index (χ2n) is 5.87. The van der Waals surface area contributed by atoms with E-state index in [-0.39, 0.29) is 24.3 Å². The maximum absolute atomic E-state index is 12.1. The first-order chi connectivity index (χ1) is 11.6. The Hall–Kier alpha value is -2.55. The molecule has 0 aromatic heterocycles. The number of aryl methyl sites for hydroxylation is 1. The highest BCUT2D eigenvalue weighted by Gasteiger charge is 2.23. The molecule has 1 aromatic rings. The van der Waals surface area contributed by atoms with E-state index < -0.39 is 0 Å². The average Bonchev–Trinajstić information content (AvgIpc) is 2.61. The number of methoxy groups -OCH3 is 1. The summed E-state index contributed by atoms with van der Waals surface area (Å²) in [5, 5.41) is 11.6. The van der Waals surface area contributed by atoms with Crippen LogP contribution in [0, 0.1) is 11.3 Å². The summed E-state index contributed by atoms with van der Waals surface area (Å²) >= 11 is 0. The molecule has 6 heteroatoms. The van der Waals surface area contributed by atoms with Gasteiger partial charge in [0.25, 0.3) is 0 Å². The molecule has 6 nitrogen and oxygen atoms in total. The second-order valence-corrected chi connectivity index (χ2v) is 5.87. The molecule has 0 unspecified atom stereocenters. The number of nitrogens with zero attached hydrogens (tertiary/aromatic N) is 2. The average molecular weight is 329 g/mol. The van der Waals surface area contributed by atoms with Crippen molar-refractivity contribution in [2.45, 2.75) is 38.1 Å². The molecule has 1 aliphatic rings. The molecule has 2 rings (SSSR count). The van der Waals surface area contributed by atoms with Crippen LogP contribution in [-0.4, -0.2) is 43.0 Å². The van der Waals surface area contributed by atoms with Gasteiger partial charge in [0.2, 0.25) is 11.8 Å². The van der Waals surface area contributed by atoms with Crippen molar-refractivity contribution >= 4 is 11.8 Å². The number of likely N-dealkylation sites (tertiary alicyclic amines) is 1. The predicted octanol–water partition coefficient (Wildman–Crippen LogP) is 1.65. The minimum Gasteiger partial charge on any atom is -0.496 e. The zero-order chi connectivity index (χ0) is 17.4. The van der Waals surface area contributed by atoms with Crippen LogP contribution in [-0.2, 0) is 16.0 Å². The van der Waals surface area contributed by atoms with Gasteiger partial charge >= 0.3 is 0 Å². The Kier molecular flexibility index (Phi) is 6.62. The fourth-order valence-electron chi connectivity index (χ4n) is 2.91. The summed E-state index contributed by atoms with van der Waals surface area (Å²) in [5.41, 5.74) is 1.02. The van der Waals surface area contributed by atoms with Crippen molar-refractivity contribution < 1.29 is 14.3 Å². The molecule has 0 radical (unpaired) electrons. The number of carbonyl (C=O) groups is 2. The number of ether oxygens (including phenoxy) is 1. The van der Waals surface area contributed by atoms with Crippen LogP contribution in [0.15, 0.2) is 24.3 Å². The first kappa shape index (κ1) is 17.8. The third-order valence-corrected chi connectivity index (χ3v) is 4.26. The third-order valence-electron chi connectivity index (χ3n) is 4.26. The van der Waals surface area contributed by atoms with Gasteiger partial charge in [-0.2, -0.15) is 5.26 Å². The number of para-hydroxylation sites is 1.